The molecule has 2 aromatic carbocycles. The third-order valence-electron chi connectivity index (χ3n) is 6.95. The van der Waals surface area contributed by atoms with Gasteiger partial charge in [0.15, 0.2) is 0 Å². The molecule has 1 saturated carbocycles. The van der Waals surface area contributed by atoms with Crippen LogP contribution in [0.15, 0.2) is 65.6 Å². The highest BCUT2D eigenvalue weighted by Crippen LogP contribution is 2.33. The second kappa shape index (κ2) is 10.3. The molecule has 1 N–H and O–H groups in total. The average molecular weight is 484 g/mol. The molecule has 4 rings (SSSR count). The molecule has 1 aliphatic carbocycles. The Morgan fingerprint density at radius 1 is 0.971 bits per heavy atom. The van der Waals surface area contributed by atoms with E-state index in [4.69, 9.17) is 0 Å². The van der Waals surface area contributed by atoms with Crippen molar-refractivity contribution in [2.24, 2.45) is 0 Å². The van der Waals surface area contributed by atoms with Crippen molar-refractivity contribution in [1.82, 2.24) is 14.5 Å². The first-order chi connectivity index (χ1) is 16.3. The molecule has 2 aliphatic rings. The fraction of sp³-hybridized carbons (Fsp3) is 0.462. The van der Waals surface area contributed by atoms with Crippen molar-refractivity contribution in [3.05, 3.63) is 66.2 Å². The molecular formula is C26H33N3O4S. The summed E-state index contributed by atoms with van der Waals surface area (Å²) in [6.45, 7) is 1.69. The average Bonchev–Trinajstić information content (AvgIpc) is 3.12. The molecule has 2 aromatic rings. The number of nitrogens with zero attached hydrogens (tertiary/aromatic N) is 2. The monoisotopic (exact) mass is 483 g/mol. The van der Waals surface area contributed by atoms with Crippen LogP contribution in [0.5, 0.6) is 0 Å². The summed E-state index contributed by atoms with van der Waals surface area (Å²) in [5, 5.41) is 2.97. The van der Waals surface area contributed by atoms with Crippen LogP contribution in [0.4, 0.5) is 0 Å². The van der Waals surface area contributed by atoms with E-state index in [1.807, 2.05) is 30.3 Å². The third-order valence-corrected chi connectivity index (χ3v) is 8.76. The van der Waals surface area contributed by atoms with Gasteiger partial charge in [0.1, 0.15) is 5.54 Å². The second-order valence-electron chi connectivity index (χ2n) is 9.44. The number of rotatable bonds is 6. The maximum Gasteiger partial charge on any atom is 0.247 e. The molecule has 2 fully saturated rings. The molecule has 0 unspecified atom stereocenters. The predicted molar refractivity (Wildman–Crippen MR) is 130 cm³/mol. The van der Waals surface area contributed by atoms with Gasteiger partial charge in [-0.05, 0) is 37.5 Å². The zero-order valence-corrected chi connectivity index (χ0v) is 20.5. The molecule has 0 radical (unpaired) electrons. The van der Waals surface area contributed by atoms with Gasteiger partial charge < -0.3 is 10.2 Å². The van der Waals surface area contributed by atoms with Crippen LogP contribution in [0.2, 0.25) is 0 Å². The van der Waals surface area contributed by atoms with E-state index in [2.05, 4.69) is 5.32 Å². The van der Waals surface area contributed by atoms with Crippen molar-refractivity contribution in [3.63, 3.8) is 0 Å². The van der Waals surface area contributed by atoms with Crippen molar-refractivity contribution in [2.75, 3.05) is 13.1 Å². The summed E-state index contributed by atoms with van der Waals surface area (Å²) in [5.41, 5.74) is -0.364. The number of amides is 2. The molecule has 1 saturated heterocycles. The van der Waals surface area contributed by atoms with Crippen LogP contribution in [-0.4, -0.2) is 54.1 Å². The summed E-state index contributed by atoms with van der Waals surface area (Å²) in [5.74, 6) is -0.642. The number of hydrogen-bond acceptors (Lipinski definition) is 4. The molecule has 7 nitrogen and oxygen atoms in total. The Labute approximate surface area is 202 Å². The molecule has 0 aromatic heterocycles. The van der Waals surface area contributed by atoms with Gasteiger partial charge in [0.05, 0.1) is 11.4 Å². The van der Waals surface area contributed by atoms with Crippen molar-refractivity contribution in [1.29, 1.82) is 0 Å². The van der Waals surface area contributed by atoms with Crippen LogP contribution in [-0.2, 0) is 26.2 Å². The van der Waals surface area contributed by atoms with Crippen molar-refractivity contribution in [3.8, 4) is 0 Å². The number of carbonyl (C=O) groups is 2. The fourth-order valence-corrected chi connectivity index (χ4v) is 6.66. The van der Waals surface area contributed by atoms with Crippen LogP contribution in [0.3, 0.4) is 0 Å². The van der Waals surface area contributed by atoms with Gasteiger partial charge >= 0.3 is 0 Å². The number of nitrogens with one attached hydrogen (secondary N) is 1. The van der Waals surface area contributed by atoms with E-state index in [9.17, 15) is 18.0 Å². The van der Waals surface area contributed by atoms with Crippen LogP contribution in [0.25, 0.3) is 0 Å². The quantitative estimate of drug-likeness (QED) is 0.639. The first-order valence-electron chi connectivity index (χ1n) is 12.0. The first-order valence-corrected chi connectivity index (χ1v) is 13.5. The summed E-state index contributed by atoms with van der Waals surface area (Å²) in [4.78, 5) is 29.0. The zero-order chi connectivity index (χ0) is 24.2. The van der Waals surface area contributed by atoms with Crippen molar-refractivity contribution in [2.45, 2.75) is 68.5 Å². The molecule has 34 heavy (non-hydrogen) atoms. The van der Waals surface area contributed by atoms with Crippen molar-refractivity contribution >= 4 is 21.8 Å². The van der Waals surface area contributed by atoms with E-state index >= 15 is 0 Å². The Balaban J connectivity index is 1.65. The van der Waals surface area contributed by atoms with Crippen molar-refractivity contribution < 1.29 is 18.0 Å². The maximum absolute atomic E-state index is 13.7. The molecular weight excluding hydrogens is 450 g/mol. The Morgan fingerprint density at radius 2 is 1.56 bits per heavy atom. The minimum atomic E-state index is -3.92. The summed E-state index contributed by atoms with van der Waals surface area (Å²) >= 11 is 0. The predicted octanol–water partition coefficient (Wildman–Crippen LogP) is 3.32. The van der Waals surface area contributed by atoms with Crippen LogP contribution >= 0.6 is 0 Å². The van der Waals surface area contributed by atoms with Gasteiger partial charge in [-0.2, -0.15) is 4.31 Å². The lowest BCUT2D eigenvalue weighted by Gasteiger charge is -2.50. The molecule has 0 bridgehead atoms. The largest absolute Gasteiger partial charge is 0.350 e. The van der Waals surface area contributed by atoms with Crippen LogP contribution < -0.4 is 5.32 Å². The number of carbonyl (C=O) groups excluding carboxylic acids is 2. The number of benzene rings is 2. The minimum Gasteiger partial charge on any atom is -0.350 e. The van der Waals surface area contributed by atoms with Gasteiger partial charge in [-0.1, -0.05) is 74.2 Å². The molecule has 2 amide bonds. The summed E-state index contributed by atoms with van der Waals surface area (Å²) in [6.07, 6.45) is 5.90. The lowest BCUT2D eigenvalue weighted by Crippen LogP contribution is -2.71. The molecule has 1 aliphatic heterocycles. The standard InChI is InChI=1S/C26H33N3O4S/c1-26(25(31)27-18-21-12-6-4-7-13-21)20-28(34(32,33)23-16-10-5-11-17-23)19-24(30)29(26)22-14-8-2-3-9-15-22/h4-7,10-13,16-17,22H,2-3,8-9,14-15,18-20H2,1H3,(H,27,31)/t26-/m0/s1. The Kier molecular flexibility index (Phi) is 7.38. The highest BCUT2D eigenvalue weighted by molar-refractivity contribution is 7.89. The topological polar surface area (TPSA) is 86.8 Å². The Morgan fingerprint density at radius 3 is 2.18 bits per heavy atom. The van der Waals surface area contributed by atoms with Gasteiger partial charge in [-0.15, -0.1) is 0 Å². The van der Waals surface area contributed by atoms with Crippen LogP contribution in [0, 0.1) is 0 Å². The molecule has 182 valence electrons. The van der Waals surface area contributed by atoms with Gasteiger partial charge in [0, 0.05) is 19.1 Å². The lowest BCUT2D eigenvalue weighted by atomic mass is 9.91. The zero-order valence-electron chi connectivity index (χ0n) is 19.7. The van der Waals surface area contributed by atoms with Gasteiger partial charge in [-0.25, -0.2) is 8.42 Å². The van der Waals surface area contributed by atoms with E-state index in [0.29, 0.717) is 6.54 Å². The summed E-state index contributed by atoms with van der Waals surface area (Å²) in [6, 6.07) is 17.6. The fourth-order valence-electron chi connectivity index (χ4n) is 5.16. The number of piperazine rings is 1. The van der Waals surface area contributed by atoms with E-state index in [1.54, 1.807) is 30.0 Å². The second-order valence-corrected chi connectivity index (χ2v) is 11.4. The summed E-state index contributed by atoms with van der Waals surface area (Å²) < 4.78 is 27.9. The van der Waals surface area contributed by atoms with E-state index < -0.39 is 15.6 Å². The number of hydrogen-bond donors (Lipinski definition) is 1. The molecule has 1 heterocycles. The van der Waals surface area contributed by atoms with E-state index in [1.165, 1.54) is 16.4 Å². The Bertz CT molecular complexity index is 1100. The third kappa shape index (κ3) is 5.03. The van der Waals surface area contributed by atoms with Gasteiger partial charge in [0.2, 0.25) is 21.8 Å². The maximum atomic E-state index is 13.7. The molecule has 1 atom stereocenters. The van der Waals surface area contributed by atoms with E-state index in [0.717, 1.165) is 44.1 Å². The molecule has 0 spiro atoms. The van der Waals surface area contributed by atoms with Gasteiger partial charge in [-0.3, -0.25) is 9.59 Å². The summed E-state index contributed by atoms with van der Waals surface area (Å²) in [7, 11) is -3.92. The highest BCUT2D eigenvalue weighted by atomic mass is 32.2. The molecule has 8 heteroatoms. The van der Waals surface area contributed by atoms with E-state index in [-0.39, 0.29) is 35.8 Å². The smallest absolute Gasteiger partial charge is 0.247 e. The first kappa shape index (κ1) is 24.4. The minimum absolute atomic E-state index is 0.0657. The highest BCUT2D eigenvalue weighted by Gasteiger charge is 2.52. The number of sulfonamides is 1. The van der Waals surface area contributed by atoms with Crippen LogP contribution in [0.1, 0.15) is 51.0 Å². The Hall–Kier alpha value is -2.71. The normalized spacial score (nSPS) is 22.9. The van der Waals surface area contributed by atoms with Gasteiger partial charge in [0.25, 0.3) is 0 Å². The lowest BCUT2D eigenvalue weighted by molar-refractivity contribution is -0.157. The SMILES string of the molecule is C[C@@]1(C(=O)NCc2ccccc2)CN(S(=O)(=O)c2ccccc2)CC(=O)N1C1CCCCCC1.